The number of carbonyl (C=O) groups excluding carboxylic acids is 1. The summed E-state index contributed by atoms with van der Waals surface area (Å²) in [6.07, 6.45) is 5.09. The fourth-order valence-electron chi connectivity index (χ4n) is 1.25. The quantitative estimate of drug-likeness (QED) is 0.560. The Hall–Kier alpha value is -1.75. The molecule has 4 nitrogen and oxygen atoms in total. The second kappa shape index (κ2) is 3.78. The van der Waals surface area contributed by atoms with Crippen LogP contribution in [0.25, 0.3) is 6.08 Å². The first-order chi connectivity index (χ1) is 7.18. The van der Waals surface area contributed by atoms with E-state index in [1.54, 1.807) is 25.5 Å². The molecule has 1 saturated heterocycles. The minimum Gasteiger partial charge on any atom is -0.328 e. The zero-order chi connectivity index (χ0) is 10.8. The number of carbonyl (C=O) groups is 1. The highest BCUT2D eigenvalue weighted by molar-refractivity contribution is 7.80. The van der Waals surface area contributed by atoms with E-state index in [9.17, 15) is 4.79 Å². The SMILES string of the molecule is CN1C(=O)/C(=C\c2cccnc2)NC1=S. The van der Waals surface area contributed by atoms with Gasteiger partial charge >= 0.3 is 0 Å². The number of pyridine rings is 1. The highest BCUT2D eigenvalue weighted by atomic mass is 32.1. The Labute approximate surface area is 92.6 Å². The van der Waals surface area contributed by atoms with E-state index < -0.39 is 0 Å². The van der Waals surface area contributed by atoms with Crippen molar-refractivity contribution in [3.8, 4) is 0 Å². The monoisotopic (exact) mass is 219 g/mol. The van der Waals surface area contributed by atoms with Crippen LogP contribution >= 0.6 is 12.2 Å². The third kappa shape index (κ3) is 1.87. The van der Waals surface area contributed by atoms with E-state index in [1.165, 1.54) is 4.90 Å². The lowest BCUT2D eigenvalue weighted by Gasteiger charge is -2.02. The summed E-state index contributed by atoms with van der Waals surface area (Å²) in [5.74, 6) is -0.121. The molecule has 0 unspecified atom stereocenters. The molecule has 15 heavy (non-hydrogen) atoms. The molecule has 1 aliphatic heterocycles. The summed E-state index contributed by atoms with van der Waals surface area (Å²) in [6, 6.07) is 3.68. The highest BCUT2D eigenvalue weighted by Gasteiger charge is 2.26. The Morgan fingerprint density at radius 2 is 2.40 bits per heavy atom. The Morgan fingerprint density at radius 1 is 1.60 bits per heavy atom. The van der Waals surface area contributed by atoms with Gasteiger partial charge in [-0.1, -0.05) is 6.07 Å². The molecule has 2 heterocycles. The van der Waals surface area contributed by atoms with Crippen molar-refractivity contribution in [3.05, 3.63) is 35.8 Å². The lowest BCUT2D eigenvalue weighted by molar-refractivity contribution is -0.121. The van der Waals surface area contributed by atoms with Crippen LogP contribution in [0.3, 0.4) is 0 Å². The molecule has 0 radical (unpaired) electrons. The van der Waals surface area contributed by atoms with Crippen LogP contribution in [0, 0.1) is 0 Å². The second-order valence-electron chi connectivity index (χ2n) is 3.14. The van der Waals surface area contributed by atoms with Crippen molar-refractivity contribution in [2.45, 2.75) is 0 Å². The second-order valence-corrected chi connectivity index (χ2v) is 3.53. The summed E-state index contributed by atoms with van der Waals surface area (Å²) >= 11 is 4.95. The number of amides is 1. The van der Waals surface area contributed by atoms with Crippen molar-refractivity contribution in [3.63, 3.8) is 0 Å². The van der Waals surface area contributed by atoms with Crippen molar-refractivity contribution in [2.75, 3.05) is 7.05 Å². The summed E-state index contributed by atoms with van der Waals surface area (Å²) in [5.41, 5.74) is 1.35. The summed E-state index contributed by atoms with van der Waals surface area (Å²) in [4.78, 5) is 17.0. The predicted octanol–water partition coefficient (Wildman–Crippen LogP) is 0.769. The molecule has 1 amide bonds. The Bertz CT molecular complexity index is 441. The molecule has 1 fully saturated rings. The number of nitrogens with zero attached hydrogens (tertiary/aromatic N) is 2. The van der Waals surface area contributed by atoms with Crippen molar-refractivity contribution >= 4 is 29.3 Å². The van der Waals surface area contributed by atoms with E-state index >= 15 is 0 Å². The molecular formula is C10H9N3OS. The maximum absolute atomic E-state index is 11.6. The summed E-state index contributed by atoms with van der Waals surface area (Å²) < 4.78 is 0. The van der Waals surface area contributed by atoms with Crippen LogP contribution in [0.5, 0.6) is 0 Å². The molecule has 1 aliphatic rings. The maximum atomic E-state index is 11.6. The molecule has 1 N–H and O–H groups in total. The lowest BCUT2D eigenvalue weighted by Crippen LogP contribution is -2.25. The Kier molecular flexibility index (Phi) is 2.47. The number of rotatable bonds is 1. The average Bonchev–Trinajstić information content (AvgIpc) is 2.48. The van der Waals surface area contributed by atoms with E-state index in [1.807, 2.05) is 12.1 Å². The molecule has 0 spiro atoms. The van der Waals surface area contributed by atoms with Crippen LogP contribution in [0.15, 0.2) is 30.2 Å². The number of hydrogen-bond donors (Lipinski definition) is 1. The largest absolute Gasteiger partial charge is 0.328 e. The molecule has 1 aromatic rings. The fourth-order valence-corrected chi connectivity index (χ4v) is 1.44. The smallest absolute Gasteiger partial charge is 0.276 e. The van der Waals surface area contributed by atoms with E-state index in [0.717, 1.165) is 5.56 Å². The molecule has 5 heteroatoms. The molecule has 0 aliphatic carbocycles. The normalized spacial score (nSPS) is 18.5. The van der Waals surface area contributed by atoms with Crippen LogP contribution < -0.4 is 5.32 Å². The third-order valence-corrected chi connectivity index (χ3v) is 2.45. The summed E-state index contributed by atoms with van der Waals surface area (Å²) in [5, 5.41) is 3.27. The van der Waals surface area contributed by atoms with Gasteiger partial charge in [0.2, 0.25) is 0 Å². The predicted molar refractivity (Wildman–Crippen MR) is 60.7 cm³/mol. The first-order valence-electron chi connectivity index (χ1n) is 4.39. The van der Waals surface area contributed by atoms with Crippen molar-refractivity contribution in [1.82, 2.24) is 15.2 Å². The number of nitrogens with one attached hydrogen (secondary N) is 1. The molecule has 76 valence electrons. The van der Waals surface area contributed by atoms with Gasteiger partial charge < -0.3 is 5.32 Å². The molecule has 0 saturated carbocycles. The topological polar surface area (TPSA) is 45.2 Å². The van der Waals surface area contributed by atoms with Crippen LogP contribution in [-0.4, -0.2) is 28.0 Å². The third-order valence-electron chi connectivity index (χ3n) is 2.08. The van der Waals surface area contributed by atoms with Crippen LogP contribution in [-0.2, 0) is 4.79 Å². The molecule has 2 rings (SSSR count). The zero-order valence-electron chi connectivity index (χ0n) is 8.10. The Morgan fingerprint density at radius 3 is 2.93 bits per heavy atom. The van der Waals surface area contributed by atoms with E-state index in [2.05, 4.69) is 10.3 Å². The number of thiocarbonyl (C=S) groups is 1. The number of likely N-dealkylation sites (N-methyl/N-ethyl adjacent to an activating group) is 1. The first-order valence-corrected chi connectivity index (χ1v) is 4.80. The molecular weight excluding hydrogens is 210 g/mol. The fraction of sp³-hybridized carbons (Fsp3) is 0.100. The van der Waals surface area contributed by atoms with Crippen LogP contribution in [0.2, 0.25) is 0 Å². The van der Waals surface area contributed by atoms with Gasteiger partial charge in [0.25, 0.3) is 5.91 Å². The molecule has 0 bridgehead atoms. The van der Waals surface area contributed by atoms with Gasteiger partial charge in [-0.05, 0) is 29.9 Å². The maximum Gasteiger partial charge on any atom is 0.276 e. The van der Waals surface area contributed by atoms with Crippen molar-refractivity contribution in [2.24, 2.45) is 0 Å². The standard InChI is InChI=1S/C10H9N3OS/c1-13-9(14)8(12-10(13)15)5-7-3-2-4-11-6-7/h2-6H,1H3,(H,12,15)/b8-5+. The lowest BCUT2D eigenvalue weighted by atomic mass is 10.2. The van der Waals surface area contributed by atoms with Gasteiger partial charge in [-0.3, -0.25) is 14.7 Å². The number of aromatic nitrogens is 1. The van der Waals surface area contributed by atoms with E-state index in [0.29, 0.717) is 10.8 Å². The minimum absolute atomic E-state index is 0.121. The Balaban J connectivity index is 2.30. The van der Waals surface area contributed by atoms with E-state index in [-0.39, 0.29) is 5.91 Å². The van der Waals surface area contributed by atoms with Crippen molar-refractivity contribution < 1.29 is 4.79 Å². The van der Waals surface area contributed by atoms with Crippen LogP contribution in [0.1, 0.15) is 5.56 Å². The van der Waals surface area contributed by atoms with Gasteiger partial charge in [0.15, 0.2) is 5.11 Å². The average molecular weight is 219 g/mol. The molecule has 0 atom stereocenters. The van der Waals surface area contributed by atoms with Gasteiger partial charge in [-0.2, -0.15) is 0 Å². The summed E-state index contributed by atoms with van der Waals surface area (Å²) in [7, 11) is 1.64. The van der Waals surface area contributed by atoms with Gasteiger partial charge in [0.1, 0.15) is 5.70 Å². The molecule has 1 aromatic heterocycles. The van der Waals surface area contributed by atoms with Gasteiger partial charge in [0, 0.05) is 19.4 Å². The molecule has 0 aromatic carbocycles. The van der Waals surface area contributed by atoms with Gasteiger partial charge in [-0.15, -0.1) is 0 Å². The minimum atomic E-state index is -0.121. The van der Waals surface area contributed by atoms with Crippen LogP contribution in [0.4, 0.5) is 0 Å². The number of hydrogen-bond acceptors (Lipinski definition) is 3. The summed E-state index contributed by atoms with van der Waals surface area (Å²) in [6.45, 7) is 0. The van der Waals surface area contributed by atoms with Gasteiger partial charge in [0.05, 0.1) is 0 Å². The highest BCUT2D eigenvalue weighted by Crippen LogP contribution is 2.11. The first kappa shape index (κ1) is 9.79. The zero-order valence-corrected chi connectivity index (χ0v) is 8.91. The van der Waals surface area contributed by atoms with E-state index in [4.69, 9.17) is 12.2 Å². The van der Waals surface area contributed by atoms with Crippen molar-refractivity contribution in [1.29, 1.82) is 0 Å². The van der Waals surface area contributed by atoms with Gasteiger partial charge in [-0.25, -0.2) is 0 Å².